The molecule has 0 aliphatic carbocycles. The summed E-state index contributed by atoms with van der Waals surface area (Å²) in [6.45, 7) is 1.42. The van der Waals surface area contributed by atoms with Gasteiger partial charge in [0.1, 0.15) is 6.61 Å². The number of carbonyl (C=O) groups is 2. The molecule has 0 heterocycles. The topological polar surface area (TPSA) is 64.6 Å². The molecule has 5 heteroatoms. The quantitative estimate of drug-likeness (QED) is 0.768. The number of hydrogen-bond acceptors (Lipinski definition) is 4. The van der Waals surface area contributed by atoms with Gasteiger partial charge in [0.05, 0.1) is 6.04 Å². The number of ether oxygens (including phenoxy) is 2. The van der Waals surface area contributed by atoms with E-state index in [1.54, 1.807) is 0 Å². The zero-order valence-electron chi connectivity index (χ0n) is 10.5. The predicted octanol–water partition coefficient (Wildman–Crippen LogP) is 1.05. The summed E-state index contributed by atoms with van der Waals surface area (Å²) < 4.78 is 9.29. The highest BCUT2D eigenvalue weighted by Crippen LogP contribution is 2.10. The first-order valence-electron chi connectivity index (χ1n) is 5.62. The van der Waals surface area contributed by atoms with Gasteiger partial charge in [-0.1, -0.05) is 30.3 Å². The Hall–Kier alpha value is -1.88. The van der Waals surface area contributed by atoms with Gasteiger partial charge in [-0.3, -0.25) is 4.79 Å². The van der Waals surface area contributed by atoms with E-state index in [1.807, 2.05) is 37.3 Å². The van der Waals surface area contributed by atoms with E-state index in [0.717, 1.165) is 5.56 Å². The average molecular weight is 251 g/mol. The van der Waals surface area contributed by atoms with Crippen LogP contribution in [0.15, 0.2) is 30.3 Å². The van der Waals surface area contributed by atoms with Gasteiger partial charge >= 0.3 is 5.97 Å². The van der Waals surface area contributed by atoms with Crippen LogP contribution >= 0.6 is 0 Å². The molecule has 1 N–H and O–H groups in total. The zero-order chi connectivity index (χ0) is 13.4. The van der Waals surface area contributed by atoms with Crippen molar-refractivity contribution in [3.63, 3.8) is 0 Å². The van der Waals surface area contributed by atoms with Crippen molar-refractivity contribution in [3.8, 4) is 0 Å². The molecule has 1 atom stereocenters. The van der Waals surface area contributed by atoms with Gasteiger partial charge in [-0.05, 0) is 12.5 Å². The molecule has 0 bridgehead atoms. The van der Waals surface area contributed by atoms with Crippen molar-refractivity contribution in [1.29, 1.82) is 0 Å². The number of amides is 1. The van der Waals surface area contributed by atoms with Gasteiger partial charge in [-0.15, -0.1) is 0 Å². The summed E-state index contributed by atoms with van der Waals surface area (Å²) in [4.78, 5) is 22.5. The summed E-state index contributed by atoms with van der Waals surface area (Å²) in [5, 5.41) is 2.74. The van der Waals surface area contributed by atoms with Crippen molar-refractivity contribution in [3.05, 3.63) is 35.9 Å². The monoisotopic (exact) mass is 251 g/mol. The van der Waals surface area contributed by atoms with Crippen molar-refractivity contribution in [2.45, 2.75) is 13.0 Å². The van der Waals surface area contributed by atoms with Gasteiger partial charge in [0.2, 0.25) is 0 Å². The fraction of sp³-hybridized carbons (Fsp3) is 0.385. The summed E-state index contributed by atoms with van der Waals surface area (Å²) in [7, 11) is 1.39. The van der Waals surface area contributed by atoms with E-state index in [1.165, 1.54) is 7.11 Å². The summed E-state index contributed by atoms with van der Waals surface area (Å²) in [5.41, 5.74) is 0.995. The minimum atomic E-state index is -0.556. The van der Waals surface area contributed by atoms with Crippen LogP contribution in [0.5, 0.6) is 0 Å². The zero-order valence-corrected chi connectivity index (χ0v) is 10.5. The Balaban J connectivity index is 2.34. The standard InChI is InChI=1S/C13H17NO4/c1-10(11-6-4-3-5-7-11)14-12(15)8-18-13(16)9-17-2/h3-7,10H,8-9H2,1-2H3,(H,14,15)/t10-/m1/s1. The Kier molecular flexibility index (Phi) is 5.87. The van der Waals surface area contributed by atoms with E-state index in [0.29, 0.717) is 0 Å². The molecule has 0 saturated heterocycles. The van der Waals surface area contributed by atoms with Gasteiger partial charge in [0.15, 0.2) is 6.61 Å². The molecule has 18 heavy (non-hydrogen) atoms. The Morgan fingerprint density at radius 1 is 1.22 bits per heavy atom. The highest BCUT2D eigenvalue weighted by Gasteiger charge is 2.11. The molecule has 1 amide bonds. The summed E-state index contributed by atoms with van der Waals surface area (Å²) in [6, 6.07) is 9.42. The van der Waals surface area contributed by atoms with E-state index < -0.39 is 5.97 Å². The van der Waals surface area contributed by atoms with Crippen molar-refractivity contribution in [1.82, 2.24) is 5.32 Å². The Bertz CT molecular complexity index is 391. The summed E-state index contributed by atoms with van der Waals surface area (Å²) in [5.74, 6) is -0.893. The summed E-state index contributed by atoms with van der Waals surface area (Å²) in [6.07, 6.45) is 0. The first-order chi connectivity index (χ1) is 8.63. The molecule has 0 radical (unpaired) electrons. The number of rotatable bonds is 6. The minimum absolute atomic E-state index is 0.125. The molecule has 1 aromatic carbocycles. The number of nitrogens with one attached hydrogen (secondary N) is 1. The fourth-order valence-corrected chi connectivity index (χ4v) is 1.41. The molecule has 0 unspecified atom stereocenters. The molecule has 5 nitrogen and oxygen atoms in total. The molecule has 0 fully saturated rings. The maximum atomic E-state index is 11.5. The third kappa shape index (κ3) is 4.97. The maximum absolute atomic E-state index is 11.5. The molecule has 1 aromatic rings. The fourth-order valence-electron chi connectivity index (χ4n) is 1.41. The Morgan fingerprint density at radius 3 is 2.50 bits per heavy atom. The molecule has 0 aromatic heterocycles. The molecular formula is C13H17NO4. The first-order valence-corrected chi connectivity index (χ1v) is 5.62. The molecule has 98 valence electrons. The average Bonchev–Trinajstić information content (AvgIpc) is 2.38. The van der Waals surface area contributed by atoms with Crippen LogP contribution in [-0.2, 0) is 19.1 Å². The second-order valence-electron chi connectivity index (χ2n) is 3.79. The Labute approximate surface area is 106 Å². The lowest BCUT2D eigenvalue weighted by Gasteiger charge is -2.14. The first kappa shape index (κ1) is 14.2. The smallest absolute Gasteiger partial charge is 0.332 e. The van der Waals surface area contributed by atoms with Gasteiger partial charge < -0.3 is 14.8 Å². The van der Waals surface area contributed by atoms with Crippen molar-refractivity contribution < 1.29 is 19.1 Å². The van der Waals surface area contributed by atoms with Crippen LogP contribution in [-0.4, -0.2) is 32.2 Å². The van der Waals surface area contributed by atoms with Crippen molar-refractivity contribution in [2.75, 3.05) is 20.3 Å². The van der Waals surface area contributed by atoms with E-state index in [-0.39, 0.29) is 25.2 Å². The van der Waals surface area contributed by atoms with E-state index >= 15 is 0 Å². The highest BCUT2D eigenvalue weighted by molar-refractivity contribution is 5.81. The van der Waals surface area contributed by atoms with Crippen LogP contribution in [0.1, 0.15) is 18.5 Å². The second kappa shape index (κ2) is 7.45. The van der Waals surface area contributed by atoms with Crippen molar-refractivity contribution >= 4 is 11.9 Å². The number of carbonyl (C=O) groups excluding carboxylic acids is 2. The van der Waals surface area contributed by atoms with E-state index in [9.17, 15) is 9.59 Å². The summed E-state index contributed by atoms with van der Waals surface area (Å²) >= 11 is 0. The largest absolute Gasteiger partial charge is 0.454 e. The van der Waals surface area contributed by atoms with E-state index in [2.05, 4.69) is 10.1 Å². The molecule has 1 rings (SSSR count). The lowest BCUT2D eigenvalue weighted by Crippen LogP contribution is -2.31. The lowest BCUT2D eigenvalue weighted by molar-refractivity contribution is -0.152. The normalized spacial score (nSPS) is 11.7. The molecule has 0 aliphatic heterocycles. The van der Waals surface area contributed by atoms with Crippen LogP contribution in [0.2, 0.25) is 0 Å². The predicted molar refractivity (Wildman–Crippen MR) is 65.8 cm³/mol. The number of benzene rings is 1. The number of hydrogen-bond donors (Lipinski definition) is 1. The Morgan fingerprint density at radius 2 is 1.89 bits per heavy atom. The number of esters is 1. The van der Waals surface area contributed by atoms with Crippen LogP contribution in [0, 0.1) is 0 Å². The molecular weight excluding hydrogens is 234 g/mol. The van der Waals surface area contributed by atoms with Crippen LogP contribution in [0.4, 0.5) is 0 Å². The van der Waals surface area contributed by atoms with E-state index in [4.69, 9.17) is 4.74 Å². The lowest BCUT2D eigenvalue weighted by atomic mass is 10.1. The third-order valence-electron chi connectivity index (χ3n) is 2.30. The van der Waals surface area contributed by atoms with Crippen molar-refractivity contribution in [2.24, 2.45) is 0 Å². The van der Waals surface area contributed by atoms with Crippen LogP contribution in [0.25, 0.3) is 0 Å². The highest BCUT2D eigenvalue weighted by atomic mass is 16.6. The SMILES string of the molecule is COCC(=O)OCC(=O)N[C@H](C)c1ccccc1. The van der Waals surface area contributed by atoms with Crippen LogP contribution < -0.4 is 5.32 Å². The number of methoxy groups -OCH3 is 1. The second-order valence-corrected chi connectivity index (χ2v) is 3.79. The van der Waals surface area contributed by atoms with Gasteiger partial charge in [0.25, 0.3) is 5.91 Å². The van der Waals surface area contributed by atoms with Crippen LogP contribution in [0.3, 0.4) is 0 Å². The molecule has 0 aliphatic rings. The maximum Gasteiger partial charge on any atom is 0.332 e. The van der Waals surface area contributed by atoms with Gasteiger partial charge in [-0.2, -0.15) is 0 Å². The third-order valence-corrected chi connectivity index (χ3v) is 2.30. The van der Waals surface area contributed by atoms with Gasteiger partial charge in [-0.25, -0.2) is 4.79 Å². The van der Waals surface area contributed by atoms with Gasteiger partial charge in [0, 0.05) is 7.11 Å². The molecule has 0 saturated carbocycles. The minimum Gasteiger partial charge on any atom is -0.454 e. The molecule has 0 spiro atoms.